The first-order valence-corrected chi connectivity index (χ1v) is 10.6. The van der Waals surface area contributed by atoms with E-state index < -0.39 is 0 Å². The Morgan fingerprint density at radius 2 is 1.47 bits per heavy atom. The predicted molar refractivity (Wildman–Crippen MR) is 128 cm³/mol. The molecule has 1 heteroatoms. The van der Waals surface area contributed by atoms with Crippen LogP contribution in [0.15, 0.2) is 115 Å². The van der Waals surface area contributed by atoms with Crippen LogP contribution >= 0.6 is 0 Å². The molecule has 4 aromatic rings. The van der Waals surface area contributed by atoms with Gasteiger partial charge in [-0.3, -0.25) is 0 Å². The molecule has 0 saturated carbocycles. The average molecular weight is 388 g/mol. The highest BCUT2D eigenvalue weighted by Gasteiger charge is 2.25. The van der Waals surface area contributed by atoms with E-state index in [2.05, 4.69) is 103 Å². The van der Waals surface area contributed by atoms with Gasteiger partial charge in [0.1, 0.15) is 0 Å². The van der Waals surface area contributed by atoms with E-state index in [0.717, 1.165) is 12.1 Å². The number of allylic oxidation sites excluding steroid dienone is 4. The minimum Gasteiger partial charge on any atom is -0.399 e. The van der Waals surface area contributed by atoms with E-state index in [1.165, 1.54) is 33.0 Å². The van der Waals surface area contributed by atoms with Gasteiger partial charge in [0.2, 0.25) is 0 Å². The zero-order valence-corrected chi connectivity index (χ0v) is 16.9. The molecule has 1 aliphatic carbocycles. The molecule has 0 aromatic heterocycles. The quantitative estimate of drug-likeness (QED) is 0.368. The molecule has 0 saturated heterocycles. The molecule has 30 heavy (non-hydrogen) atoms. The van der Waals surface area contributed by atoms with Crippen molar-refractivity contribution in [1.82, 2.24) is 0 Å². The van der Waals surface area contributed by atoms with E-state index in [-0.39, 0.29) is 0 Å². The Bertz CT molecular complexity index is 1210. The van der Waals surface area contributed by atoms with E-state index in [0.29, 0.717) is 11.8 Å². The second kappa shape index (κ2) is 8.04. The lowest BCUT2D eigenvalue weighted by atomic mass is 9.75. The molecule has 1 nitrogen and oxygen atoms in total. The van der Waals surface area contributed by atoms with Gasteiger partial charge in [0.25, 0.3) is 0 Å². The van der Waals surface area contributed by atoms with Gasteiger partial charge in [-0.25, -0.2) is 0 Å². The standard InChI is InChI=1S/C29H25N/c30-26-19-17-22(18-20-26)21-13-15-25(16-14-21)29(24-8-2-1-3-9-24)28-12-6-10-23-7-4-5-11-27(23)28/h1-15,17-20,25,29H,16,30H2. The van der Waals surface area contributed by atoms with E-state index in [9.17, 15) is 0 Å². The summed E-state index contributed by atoms with van der Waals surface area (Å²) in [7, 11) is 0. The van der Waals surface area contributed by atoms with Crippen LogP contribution in [-0.4, -0.2) is 0 Å². The summed E-state index contributed by atoms with van der Waals surface area (Å²) in [5.41, 5.74) is 11.9. The maximum Gasteiger partial charge on any atom is 0.0314 e. The SMILES string of the molecule is Nc1ccc(C2=CCC(C(c3ccccc3)c3cccc4ccccc34)C=C2)cc1. The van der Waals surface area contributed by atoms with Gasteiger partial charge in [-0.1, -0.05) is 103 Å². The zero-order valence-electron chi connectivity index (χ0n) is 16.9. The third kappa shape index (κ3) is 3.55. The van der Waals surface area contributed by atoms with E-state index in [4.69, 9.17) is 5.73 Å². The van der Waals surface area contributed by atoms with Gasteiger partial charge < -0.3 is 5.73 Å². The molecule has 1 aliphatic rings. The van der Waals surface area contributed by atoms with Gasteiger partial charge >= 0.3 is 0 Å². The van der Waals surface area contributed by atoms with Crippen molar-refractivity contribution < 1.29 is 0 Å². The Labute approximate surface area is 178 Å². The Hall–Kier alpha value is -3.58. The summed E-state index contributed by atoms with van der Waals surface area (Å²) in [6.45, 7) is 0. The van der Waals surface area contributed by atoms with Gasteiger partial charge in [0.05, 0.1) is 0 Å². The Kier molecular flexibility index (Phi) is 4.94. The van der Waals surface area contributed by atoms with Crippen LogP contribution in [0, 0.1) is 5.92 Å². The lowest BCUT2D eigenvalue weighted by molar-refractivity contribution is 0.577. The molecule has 0 aliphatic heterocycles. The monoisotopic (exact) mass is 387 g/mol. The fourth-order valence-corrected chi connectivity index (χ4v) is 4.61. The van der Waals surface area contributed by atoms with Crippen molar-refractivity contribution in [2.24, 2.45) is 5.92 Å². The number of nitrogen functional groups attached to an aromatic ring is 1. The minimum absolute atomic E-state index is 0.317. The normalized spacial score (nSPS) is 16.9. The summed E-state index contributed by atoms with van der Waals surface area (Å²) >= 11 is 0. The lowest BCUT2D eigenvalue weighted by Crippen LogP contribution is -2.14. The Balaban J connectivity index is 1.54. The van der Waals surface area contributed by atoms with E-state index >= 15 is 0 Å². The highest BCUT2D eigenvalue weighted by atomic mass is 14.5. The fourth-order valence-electron chi connectivity index (χ4n) is 4.61. The van der Waals surface area contributed by atoms with Crippen molar-refractivity contribution in [3.63, 3.8) is 0 Å². The van der Waals surface area contributed by atoms with Gasteiger partial charge in [-0.15, -0.1) is 0 Å². The summed E-state index contributed by atoms with van der Waals surface area (Å²) in [5, 5.41) is 2.64. The average Bonchev–Trinajstić information content (AvgIpc) is 2.81. The first kappa shape index (κ1) is 18.4. The molecule has 146 valence electrons. The topological polar surface area (TPSA) is 26.0 Å². The van der Waals surface area contributed by atoms with Crippen molar-refractivity contribution in [3.8, 4) is 0 Å². The van der Waals surface area contributed by atoms with Crippen LogP contribution in [0.4, 0.5) is 5.69 Å². The maximum absolute atomic E-state index is 5.85. The first-order chi connectivity index (χ1) is 14.8. The van der Waals surface area contributed by atoms with Crippen LogP contribution in [0.1, 0.15) is 29.0 Å². The molecule has 0 radical (unpaired) electrons. The molecule has 2 unspecified atom stereocenters. The summed E-state index contributed by atoms with van der Waals surface area (Å²) in [6.07, 6.45) is 8.06. The lowest BCUT2D eigenvalue weighted by Gasteiger charge is -2.28. The maximum atomic E-state index is 5.85. The van der Waals surface area contributed by atoms with Gasteiger partial charge in [0, 0.05) is 11.6 Å². The van der Waals surface area contributed by atoms with Crippen LogP contribution in [0.25, 0.3) is 16.3 Å². The Morgan fingerprint density at radius 3 is 2.23 bits per heavy atom. The van der Waals surface area contributed by atoms with Crippen LogP contribution in [0.2, 0.25) is 0 Å². The molecular weight excluding hydrogens is 362 g/mol. The van der Waals surface area contributed by atoms with Gasteiger partial charge in [-0.2, -0.15) is 0 Å². The molecule has 0 fully saturated rings. The fraction of sp³-hybridized carbons (Fsp3) is 0.103. The number of hydrogen-bond donors (Lipinski definition) is 1. The zero-order chi connectivity index (χ0) is 20.3. The van der Waals surface area contributed by atoms with Gasteiger partial charge in [-0.05, 0) is 57.5 Å². The minimum atomic E-state index is 0.317. The van der Waals surface area contributed by atoms with Gasteiger partial charge in [0.15, 0.2) is 0 Å². The summed E-state index contributed by atoms with van der Waals surface area (Å²) in [6, 6.07) is 34.5. The molecule has 0 heterocycles. The van der Waals surface area contributed by atoms with Crippen molar-refractivity contribution in [3.05, 3.63) is 132 Å². The third-order valence-electron chi connectivity index (χ3n) is 6.12. The van der Waals surface area contributed by atoms with E-state index in [1.807, 2.05) is 12.1 Å². The van der Waals surface area contributed by atoms with Crippen molar-refractivity contribution >= 4 is 22.0 Å². The smallest absolute Gasteiger partial charge is 0.0314 e. The van der Waals surface area contributed by atoms with Crippen molar-refractivity contribution in [1.29, 1.82) is 0 Å². The molecule has 2 atom stereocenters. The number of fused-ring (bicyclic) bond motifs is 1. The predicted octanol–water partition coefficient (Wildman–Crippen LogP) is 7.21. The highest BCUT2D eigenvalue weighted by molar-refractivity contribution is 5.86. The Morgan fingerprint density at radius 1 is 0.733 bits per heavy atom. The van der Waals surface area contributed by atoms with E-state index in [1.54, 1.807) is 0 Å². The summed E-state index contributed by atoms with van der Waals surface area (Å²) in [5.74, 6) is 0.730. The summed E-state index contributed by atoms with van der Waals surface area (Å²) in [4.78, 5) is 0. The molecule has 5 rings (SSSR count). The highest BCUT2D eigenvalue weighted by Crippen LogP contribution is 2.41. The number of rotatable bonds is 4. The number of nitrogens with two attached hydrogens (primary N) is 1. The van der Waals surface area contributed by atoms with Crippen LogP contribution in [-0.2, 0) is 0 Å². The largest absolute Gasteiger partial charge is 0.399 e. The third-order valence-corrected chi connectivity index (χ3v) is 6.12. The molecule has 2 N–H and O–H groups in total. The van der Waals surface area contributed by atoms with Crippen LogP contribution in [0.5, 0.6) is 0 Å². The number of anilines is 1. The summed E-state index contributed by atoms with van der Waals surface area (Å²) < 4.78 is 0. The first-order valence-electron chi connectivity index (χ1n) is 10.6. The second-order valence-electron chi connectivity index (χ2n) is 8.00. The molecule has 0 bridgehead atoms. The van der Waals surface area contributed by atoms with Crippen LogP contribution in [0.3, 0.4) is 0 Å². The number of benzene rings is 4. The second-order valence-corrected chi connectivity index (χ2v) is 8.00. The van der Waals surface area contributed by atoms with Crippen LogP contribution < -0.4 is 5.73 Å². The van der Waals surface area contributed by atoms with Crippen molar-refractivity contribution in [2.75, 3.05) is 5.73 Å². The van der Waals surface area contributed by atoms with Crippen molar-refractivity contribution in [2.45, 2.75) is 12.3 Å². The molecule has 0 spiro atoms. The molecule has 4 aromatic carbocycles. The number of hydrogen-bond acceptors (Lipinski definition) is 1. The molecular formula is C29H25N. The molecule has 0 amide bonds.